The molecule has 1 aliphatic rings. The number of aromatic nitrogens is 3. The maximum absolute atomic E-state index is 12.6. The van der Waals surface area contributed by atoms with Crippen molar-refractivity contribution < 1.29 is 44.3 Å². The van der Waals surface area contributed by atoms with Gasteiger partial charge in [-0.05, 0) is 79.2 Å². The third kappa shape index (κ3) is 6.12. The van der Waals surface area contributed by atoms with Gasteiger partial charge < -0.3 is 25.4 Å². The van der Waals surface area contributed by atoms with Gasteiger partial charge in [0, 0.05) is 42.5 Å². The number of benzene rings is 2. The molecule has 0 saturated carbocycles. The summed E-state index contributed by atoms with van der Waals surface area (Å²) in [5.74, 6) is -1.08. The van der Waals surface area contributed by atoms with E-state index in [4.69, 9.17) is 24.4 Å². The van der Waals surface area contributed by atoms with Gasteiger partial charge in [0.2, 0.25) is 0 Å². The van der Waals surface area contributed by atoms with Crippen molar-refractivity contribution in [2.24, 2.45) is 0 Å². The molecule has 0 fully saturated rings. The van der Waals surface area contributed by atoms with Crippen LogP contribution in [0.5, 0.6) is 0 Å². The average molecular weight is 492 g/mol. The minimum absolute atomic E-state index is 0. The number of amides is 2. The van der Waals surface area contributed by atoms with Crippen molar-refractivity contribution in [1.29, 1.82) is 0 Å². The number of urea groups is 1. The van der Waals surface area contributed by atoms with E-state index >= 15 is 0 Å². The molecule has 33 heavy (non-hydrogen) atoms. The Bertz CT molecular complexity index is 1260. The first-order chi connectivity index (χ1) is 15.4. The Labute approximate surface area is 222 Å². The topological polar surface area (TPSA) is 121 Å². The molecule has 0 bridgehead atoms. The average Bonchev–Trinajstić information content (AvgIpc) is 3.10. The van der Waals surface area contributed by atoms with Crippen molar-refractivity contribution in [3.63, 3.8) is 0 Å². The number of aromatic amines is 2. The van der Waals surface area contributed by atoms with Crippen LogP contribution in [0.15, 0.2) is 42.5 Å². The minimum Gasteiger partial charge on any atom is -0.550 e. The van der Waals surface area contributed by atoms with Crippen molar-refractivity contribution in [2.45, 2.75) is 19.3 Å². The van der Waals surface area contributed by atoms with Crippen LogP contribution in [0.4, 0.5) is 21.9 Å². The van der Waals surface area contributed by atoms with Gasteiger partial charge in [-0.15, -0.1) is 0 Å². The number of hydrogen-bond donors (Lipinski definition) is 4. The Kier molecular flexibility index (Phi) is 8.49. The first kappa shape index (κ1) is 25.2. The van der Waals surface area contributed by atoms with E-state index in [1.807, 2.05) is 29.6 Å². The molecular weight excluding hydrogens is 471 g/mol. The van der Waals surface area contributed by atoms with Crippen molar-refractivity contribution in [3.05, 3.63) is 64.1 Å². The second-order valence-electron chi connectivity index (χ2n) is 7.21. The Morgan fingerprint density at radius 2 is 1.73 bits per heavy atom. The van der Waals surface area contributed by atoms with E-state index < -0.39 is 5.97 Å². The number of carbonyl (C=O) groups is 2. The number of hydrogen-bond acceptors (Lipinski definition) is 6. The number of carboxylic acids is 1. The van der Waals surface area contributed by atoms with Gasteiger partial charge in [0.15, 0.2) is 9.54 Å². The molecule has 0 unspecified atom stereocenters. The molecule has 12 heteroatoms. The van der Waals surface area contributed by atoms with E-state index in [1.54, 1.807) is 28.8 Å². The number of H-pyrrole nitrogens is 2. The van der Waals surface area contributed by atoms with Crippen LogP contribution >= 0.6 is 24.4 Å². The molecule has 4 rings (SSSR count). The summed E-state index contributed by atoms with van der Waals surface area (Å²) in [5, 5.41) is 22.0. The molecule has 3 aromatic rings. The van der Waals surface area contributed by atoms with Crippen LogP contribution < -0.4 is 50.2 Å². The van der Waals surface area contributed by atoms with Crippen molar-refractivity contribution >= 4 is 53.5 Å². The van der Waals surface area contributed by atoms with Crippen molar-refractivity contribution in [1.82, 2.24) is 14.8 Å². The van der Waals surface area contributed by atoms with Gasteiger partial charge in [0.25, 0.3) is 0 Å². The normalized spacial score (nSPS) is 12.4. The second-order valence-corrected chi connectivity index (χ2v) is 7.98. The molecule has 1 aliphatic heterocycles. The SMILES string of the molecule is O=C([O-])CCN1[CH]CCc2cc(NC(=O)Nc3cccc(-n4c(=S)[nH][nH]c4=S)c3)ccc21.[Na+]. The number of nitrogens with one attached hydrogen (secondary N) is 4. The largest absolute Gasteiger partial charge is 1.00 e. The molecule has 0 atom stereocenters. The van der Waals surface area contributed by atoms with Crippen LogP contribution in [0, 0.1) is 16.1 Å². The molecular formula is C21H20N6NaO3S2. The third-order valence-electron chi connectivity index (χ3n) is 5.01. The molecule has 0 spiro atoms. The fraction of sp³-hybridized carbons (Fsp3) is 0.190. The first-order valence-corrected chi connectivity index (χ1v) is 10.7. The summed E-state index contributed by atoms with van der Waals surface area (Å²) < 4.78 is 2.51. The molecule has 165 valence electrons. The Hall–Kier alpha value is -2.44. The fourth-order valence-electron chi connectivity index (χ4n) is 3.60. The fourth-order valence-corrected chi connectivity index (χ4v) is 4.16. The van der Waals surface area contributed by atoms with E-state index in [-0.39, 0.29) is 42.0 Å². The van der Waals surface area contributed by atoms with Gasteiger partial charge >= 0.3 is 35.6 Å². The molecule has 1 radical (unpaired) electrons. The van der Waals surface area contributed by atoms with Gasteiger partial charge in [0.05, 0.1) is 5.69 Å². The zero-order valence-corrected chi connectivity index (χ0v) is 21.5. The number of aliphatic carboxylic acids is 1. The van der Waals surface area contributed by atoms with Gasteiger partial charge in [-0.25, -0.2) is 4.79 Å². The van der Waals surface area contributed by atoms with Crippen LogP contribution in [0.2, 0.25) is 0 Å². The van der Waals surface area contributed by atoms with Gasteiger partial charge in [-0.2, -0.15) is 0 Å². The van der Waals surface area contributed by atoms with Crippen molar-refractivity contribution in [2.75, 3.05) is 22.1 Å². The summed E-state index contributed by atoms with van der Waals surface area (Å²) in [5.41, 5.74) is 3.93. The second kappa shape index (κ2) is 11.1. The summed E-state index contributed by atoms with van der Waals surface area (Å²) in [6, 6.07) is 12.4. The smallest absolute Gasteiger partial charge is 0.550 e. The first-order valence-electron chi connectivity index (χ1n) is 9.91. The number of rotatable bonds is 6. The predicted octanol–water partition coefficient (Wildman–Crippen LogP) is 0.295. The van der Waals surface area contributed by atoms with E-state index in [1.165, 1.54) is 0 Å². The maximum atomic E-state index is 12.6. The minimum atomic E-state index is -1.08. The number of carbonyl (C=O) groups excluding carboxylic acids is 2. The van der Waals surface area contributed by atoms with Crippen LogP contribution in [0.3, 0.4) is 0 Å². The zero-order valence-electron chi connectivity index (χ0n) is 17.9. The Morgan fingerprint density at radius 1 is 1.03 bits per heavy atom. The molecule has 2 aromatic carbocycles. The summed E-state index contributed by atoms with van der Waals surface area (Å²) in [6.45, 7) is 2.34. The number of anilines is 3. The van der Waals surface area contributed by atoms with Crippen LogP contribution in [0.25, 0.3) is 5.69 Å². The summed E-state index contributed by atoms with van der Waals surface area (Å²) >= 11 is 10.5. The molecule has 2 heterocycles. The predicted molar refractivity (Wildman–Crippen MR) is 125 cm³/mol. The standard InChI is InChI=1S/C21H21N6O3S2.Na/c28-18(29)8-10-26-9-2-3-13-11-15(6-7-17(13)26)23-19(30)22-14-4-1-5-16(12-14)27-20(31)24-25-21(27)32;/h1,4-7,9,11-12H,2-3,8,10H2,(H,24,31)(H,25,32)(H,28,29)(H2,22,23,30);/q;+1/p-1. The van der Waals surface area contributed by atoms with Crippen LogP contribution in [-0.4, -0.2) is 33.3 Å². The third-order valence-corrected chi connectivity index (χ3v) is 5.58. The van der Waals surface area contributed by atoms with Crippen molar-refractivity contribution in [3.8, 4) is 5.69 Å². The number of aryl methyl sites for hydroxylation is 1. The Balaban J connectivity index is 0.00000306. The van der Waals surface area contributed by atoms with Crippen LogP contribution in [-0.2, 0) is 11.2 Å². The van der Waals surface area contributed by atoms with E-state index in [0.29, 0.717) is 27.5 Å². The Morgan fingerprint density at radius 3 is 2.42 bits per heavy atom. The molecule has 2 amide bonds. The van der Waals surface area contributed by atoms with Gasteiger partial charge in [-0.1, -0.05) is 6.07 Å². The summed E-state index contributed by atoms with van der Waals surface area (Å²) in [7, 11) is 0. The molecule has 0 aliphatic carbocycles. The maximum Gasteiger partial charge on any atom is 1.00 e. The summed E-state index contributed by atoms with van der Waals surface area (Å²) in [6.07, 6.45) is 1.57. The molecule has 4 N–H and O–H groups in total. The molecule has 1 aromatic heterocycles. The number of fused-ring (bicyclic) bond motifs is 1. The van der Waals surface area contributed by atoms with E-state index in [9.17, 15) is 14.7 Å². The van der Waals surface area contributed by atoms with Gasteiger partial charge in [-0.3, -0.25) is 14.8 Å². The van der Waals surface area contributed by atoms with E-state index in [2.05, 4.69) is 20.8 Å². The van der Waals surface area contributed by atoms with E-state index in [0.717, 1.165) is 29.8 Å². The van der Waals surface area contributed by atoms with Gasteiger partial charge in [0.1, 0.15) is 0 Å². The summed E-state index contributed by atoms with van der Waals surface area (Å²) in [4.78, 5) is 25.2. The molecule has 0 saturated heterocycles. The zero-order chi connectivity index (χ0) is 22.7. The number of carboxylic acid groups (broad SMARTS) is 1. The van der Waals surface area contributed by atoms with Crippen LogP contribution in [0.1, 0.15) is 18.4 Å². The monoisotopic (exact) mass is 491 g/mol. The quantitative estimate of drug-likeness (QED) is 0.291. The molecule has 9 nitrogen and oxygen atoms in total. The number of nitrogens with zero attached hydrogens (tertiary/aromatic N) is 2.